The van der Waals surface area contributed by atoms with E-state index in [1.165, 1.54) is 24.3 Å². The van der Waals surface area contributed by atoms with Gasteiger partial charge >= 0.3 is 5.97 Å². The van der Waals surface area contributed by atoms with Crippen LogP contribution >= 0.6 is 0 Å². The topological polar surface area (TPSA) is 191 Å². The number of nitrogens with zero attached hydrogens (tertiary/aromatic N) is 2. The number of aliphatic hydroxyl groups is 1. The zero-order valence-electron chi connectivity index (χ0n) is 18.4. The molecular formula is C20H32N6O6. The van der Waals surface area contributed by atoms with Gasteiger partial charge in [0.1, 0.15) is 24.2 Å². The maximum absolute atomic E-state index is 13.2. The molecule has 2 heterocycles. The first-order valence-electron chi connectivity index (χ1n) is 10.6. The minimum absolute atomic E-state index is 0.0688. The van der Waals surface area contributed by atoms with Crippen molar-refractivity contribution in [2.45, 2.75) is 70.3 Å². The van der Waals surface area contributed by atoms with E-state index in [1.54, 1.807) is 13.8 Å². The van der Waals surface area contributed by atoms with Crippen molar-refractivity contribution in [3.8, 4) is 0 Å². The van der Waals surface area contributed by atoms with Crippen molar-refractivity contribution in [1.82, 2.24) is 25.5 Å². The van der Waals surface area contributed by atoms with Gasteiger partial charge in [-0.2, -0.15) is 0 Å². The molecule has 32 heavy (non-hydrogen) atoms. The van der Waals surface area contributed by atoms with Crippen LogP contribution in [0, 0.1) is 5.92 Å². The number of nitrogens with two attached hydrogens (primary N) is 1. The van der Waals surface area contributed by atoms with Crippen molar-refractivity contribution in [2.75, 3.05) is 6.54 Å². The number of likely N-dealkylation sites (tertiary alicyclic amines) is 1. The molecule has 0 saturated carbocycles. The first-order chi connectivity index (χ1) is 15.0. The van der Waals surface area contributed by atoms with Gasteiger partial charge in [-0.25, -0.2) is 9.78 Å². The monoisotopic (exact) mass is 452 g/mol. The summed E-state index contributed by atoms with van der Waals surface area (Å²) in [5, 5.41) is 24.2. The van der Waals surface area contributed by atoms with Crippen LogP contribution in [-0.2, 0) is 25.6 Å². The van der Waals surface area contributed by atoms with Crippen LogP contribution in [0.5, 0.6) is 0 Å². The second-order valence-corrected chi connectivity index (χ2v) is 8.37. The lowest BCUT2D eigenvalue weighted by atomic mass is 10.0. The lowest BCUT2D eigenvalue weighted by molar-refractivity contribution is -0.149. The minimum Gasteiger partial charge on any atom is -0.480 e. The third-order valence-electron chi connectivity index (χ3n) is 5.48. The van der Waals surface area contributed by atoms with E-state index >= 15 is 0 Å². The molecule has 12 nitrogen and oxygen atoms in total. The van der Waals surface area contributed by atoms with E-state index in [1.807, 2.05) is 0 Å². The average Bonchev–Trinajstić information content (AvgIpc) is 3.41. The van der Waals surface area contributed by atoms with Crippen LogP contribution in [0.1, 0.15) is 39.3 Å². The van der Waals surface area contributed by atoms with Crippen molar-refractivity contribution < 1.29 is 29.4 Å². The molecule has 0 spiro atoms. The lowest BCUT2D eigenvalue weighted by Crippen LogP contribution is -2.59. The standard InChI is InChI=1S/C20H32N6O6/c1-10(2)16(25-17(28)15(21)11(3)27)18(29)24-13(7-12-8-22-9-23-12)19(30)26-6-4-5-14(26)20(31)32/h8-11,13-16,27H,4-7,21H2,1-3H3,(H,22,23)(H,24,29)(H,25,28)(H,31,32). The van der Waals surface area contributed by atoms with Crippen LogP contribution in [0.4, 0.5) is 0 Å². The number of aromatic nitrogens is 2. The van der Waals surface area contributed by atoms with Gasteiger partial charge in [-0.15, -0.1) is 0 Å². The van der Waals surface area contributed by atoms with E-state index in [4.69, 9.17) is 5.73 Å². The van der Waals surface area contributed by atoms with Gasteiger partial charge in [-0.3, -0.25) is 14.4 Å². The Morgan fingerprint density at radius 1 is 1.25 bits per heavy atom. The predicted octanol–water partition coefficient (Wildman–Crippen LogP) is -1.64. The molecule has 0 aliphatic carbocycles. The van der Waals surface area contributed by atoms with Gasteiger partial charge in [-0.1, -0.05) is 13.8 Å². The second kappa shape index (κ2) is 11.0. The largest absolute Gasteiger partial charge is 0.480 e. The summed E-state index contributed by atoms with van der Waals surface area (Å²) in [5.74, 6) is -3.28. The van der Waals surface area contributed by atoms with Crippen LogP contribution in [0.25, 0.3) is 0 Å². The number of carbonyl (C=O) groups excluding carboxylic acids is 3. The van der Waals surface area contributed by atoms with Gasteiger partial charge in [0.05, 0.1) is 12.4 Å². The number of aliphatic carboxylic acids is 1. The Hall–Kier alpha value is -2.99. The number of nitrogens with one attached hydrogen (secondary N) is 3. The number of H-pyrrole nitrogens is 1. The highest BCUT2D eigenvalue weighted by Crippen LogP contribution is 2.19. The summed E-state index contributed by atoms with van der Waals surface area (Å²) in [6.07, 6.45) is 2.80. The molecule has 1 aromatic heterocycles. The second-order valence-electron chi connectivity index (χ2n) is 8.37. The van der Waals surface area contributed by atoms with Crippen molar-refractivity contribution in [3.63, 3.8) is 0 Å². The number of carboxylic acids is 1. The van der Waals surface area contributed by atoms with Crippen molar-refractivity contribution in [2.24, 2.45) is 11.7 Å². The molecule has 5 unspecified atom stereocenters. The number of carbonyl (C=O) groups is 4. The van der Waals surface area contributed by atoms with E-state index in [0.29, 0.717) is 18.5 Å². The normalized spacial score (nSPS) is 19.8. The quantitative estimate of drug-likeness (QED) is 0.243. The number of aromatic amines is 1. The summed E-state index contributed by atoms with van der Waals surface area (Å²) in [4.78, 5) is 58.1. The molecule has 1 fully saturated rings. The van der Waals surface area contributed by atoms with Gasteiger partial charge < -0.3 is 36.5 Å². The fraction of sp³-hybridized carbons (Fsp3) is 0.650. The zero-order valence-corrected chi connectivity index (χ0v) is 18.4. The predicted molar refractivity (Wildman–Crippen MR) is 113 cm³/mol. The van der Waals surface area contributed by atoms with Gasteiger partial charge in [-0.05, 0) is 25.7 Å². The third-order valence-corrected chi connectivity index (χ3v) is 5.48. The molecule has 5 atom stereocenters. The molecule has 7 N–H and O–H groups in total. The van der Waals surface area contributed by atoms with E-state index in [-0.39, 0.29) is 18.9 Å². The van der Waals surface area contributed by atoms with Crippen LogP contribution < -0.4 is 16.4 Å². The fourth-order valence-electron chi connectivity index (χ4n) is 3.57. The highest BCUT2D eigenvalue weighted by molar-refractivity contribution is 5.94. The molecule has 2 rings (SSSR count). The van der Waals surface area contributed by atoms with Crippen molar-refractivity contribution in [3.05, 3.63) is 18.2 Å². The summed E-state index contributed by atoms with van der Waals surface area (Å²) in [6.45, 7) is 5.07. The van der Waals surface area contributed by atoms with Crippen LogP contribution in [0.2, 0.25) is 0 Å². The van der Waals surface area contributed by atoms with E-state index in [2.05, 4.69) is 20.6 Å². The zero-order chi connectivity index (χ0) is 24.0. The maximum Gasteiger partial charge on any atom is 0.326 e. The Balaban J connectivity index is 2.21. The summed E-state index contributed by atoms with van der Waals surface area (Å²) in [5.41, 5.74) is 6.23. The molecule has 3 amide bonds. The summed E-state index contributed by atoms with van der Waals surface area (Å²) in [6, 6.07) is -4.24. The lowest BCUT2D eigenvalue weighted by Gasteiger charge is -2.30. The average molecular weight is 453 g/mol. The first-order valence-corrected chi connectivity index (χ1v) is 10.6. The molecule has 1 saturated heterocycles. The number of carboxylic acid groups (broad SMARTS) is 1. The molecule has 0 aromatic carbocycles. The number of rotatable bonds is 10. The Morgan fingerprint density at radius 3 is 2.47 bits per heavy atom. The maximum atomic E-state index is 13.2. The van der Waals surface area contributed by atoms with Crippen LogP contribution in [-0.4, -0.2) is 85.6 Å². The number of imidazole rings is 1. The molecular weight excluding hydrogens is 420 g/mol. The molecule has 1 aliphatic heterocycles. The molecule has 12 heteroatoms. The summed E-state index contributed by atoms with van der Waals surface area (Å²) in [7, 11) is 0. The number of hydrogen-bond acceptors (Lipinski definition) is 7. The number of hydrogen-bond donors (Lipinski definition) is 6. The van der Waals surface area contributed by atoms with E-state index in [9.17, 15) is 29.4 Å². The first kappa shape index (κ1) is 25.3. The highest BCUT2D eigenvalue weighted by Gasteiger charge is 2.39. The summed E-state index contributed by atoms with van der Waals surface area (Å²) < 4.78 is 0. The van der Waals surface area contributed by atoms with Gasteiger partial charge in [0.2, 0.25) is 17.7 Å². The smallest absolute Gasteiger partial charge is 0.326 e. The number of aliphatic hydroxyl groups excluding tert-OH is 1. The Morgan fingerprint density at radius 2 is 1.94 bits per heavy atom. The van der Waals surface area contributed by atoms with Gasteiger partial charge in [0.25, 0.3) is 0 Å². The third kappa shape index (κ3) is 6.26. The fourth-order valence-corrected chi connectivity index (χ4v) is 3.57. The molecule has 1 aromatic rings. The summed E-state index contributed by atoms with van der Waals surface area (Å²) >= 11 is 0. The molecule has 0 radical (unpaired) electrons. The van der Waals surface area contributed by atoms with Crippen molar-refractivity contribution in [1.29, 1.82) is 0 Å². The Bertz CT molecular complexity index is 812. The highest BCUT2D eigenvalue weighted by atomic mass is 16.4. The van der Waals surface area contributed by atoms with Gasteiger partial charge in [0, 0.05) is 24.9 Å². The molecule has 178 valence electrons. The van der Waals surface area contributed by atoms with Crippen LogP contribution in [0.3, 0.4) is 0 Å². The van der Waals surface area contributed by atoms with Gasteiger partial charge in [0.15, 0.2) is 0 Å². The SMILES string of the molecule is CC(C)C(NC(=O)C(N)C(C)O)C(=O)NC(Cc1cnc[nH]1)C(=O)N1CCCC1C(=O)O. The molecule has 1 aliphatic rings. The number of amides is 3. The van der Waals surface area contributed by atoms with Crippen LogP contribution in [0.15, 0.2) is 12.5 Å². The van der Waals surface area contributed by atoms with E-state index < -0.39 is 54.0 Å². The minimum atomic E-state index is -1.22. The van der Waals surface area contributed by atoms with E-state index in [0.717, 1.165) is 0 Å². The molecule has 0 bridgehead atoms. The Kier molecular flexibility index (Phi) is 8.72. The van der Waals surface area contributed by atoms with Crippen molar-refractivity contribution >= 4 is 23.7 Å². The Labute approximate surface area is 185 Å².